The van der Waals surface area contributed by atoms with Crippen LogP contribution in [-0.4, -0.2) is 20.8 Å². The Balaban J connectivity index is 2.22. The molecule has 0 amide bonds. The predicted molar refractivity (Wildman–Crippen MR) is 94.9 cm³/mol. The summed E-state index contributed by atoms with van der Waals surface area (Å²) in [5.41, 5.74) is 0. The van der Waals surface area contributed by atoms with E-state index in [1.807, 2.05) is 0 Å². The lowest BCUT2D eigenvalue weighted by molar-refractivity contribution is -0.111. The summed E-state index contributed by atoms with van der Waals surface area (Å²) >= 11 is 9.66. The molecule has 0 unspecified atom stereocenters. The number of halogens is 1. The van der Waals surface area contributed by atoms with Crippen LogP contribution in [0.25, 0.3) is 0 Å². The molecule has 1 fully saturated rings. The molecule has 0 bridgehead atoms. The number of rotatable bonds is 11. The van der Waals surface area contributed by atoms with Gasteiger partial charge in [-0.05, 0) is 37.3 Å². The summed E-state index contributed by atoms with van der Waals surface area (Å²) in [6, 6.07) is 0. The van der Waals surface area contributed by atoms with Crippen LogP contribution in [-0.2, 0) is 4.79 Å². The zero-order valence-electron chi connectivity index (χ0n) is 12.5. The molecule has 1 nitrogen and oxygen atoms in total. The van der Waals surface area contributed by atoms with E-state index in [0.717, 1.165) is 12.8 Å². The summed E-state index contributed by atoms with van der Waals surface area (Å²) < 4.78 is 0.473. The van der Waals surface area contributed by atoms with Crippen LogP contribution in [0.15, 0.2) is 12.2 Å². The van der Waals surface area contributed by atoms with E-state index < -0.39 is 0 Å². The minimum Gasteiger partial charge on any atom is -0.281 e. The van der Waals surface area contributed by atoms with Gasteiger partial charge in [0, 0.05) is 17.9 Å². The molecule has 0 N–H and O–H groups in total. The molecule has 0 spiro atoms. The van der Waals surface area contributed by atoms with Crippen molar-refractivity contribution in [2.24, 2.45) is 0 Å². The highest BCUT2D eigenvalue weighted by Crippen LogP contribution is 2.50. The van der Waals surface area contributed by atoms with Crippen LogP contribution < -0.4 is 0 Å². The lowest BCUT2D eigenvalue weighted by Gasteiger charge is -2.27. The second kappa shape index (κ2) is 11.0. The zero-order chi connectivity index (χ0) is 14.7. The van der Waals surface area contributed by atoms with E-state index in [4.69, 9.17) is 11.6 Å². The van der Waals surface area contributed by atoms with E-state index in [2.05, 4.69) is 42.6 Å². The molecule has 0 aliphatic carbocycles. The lowest BCUT2D eigenvalue weighted by Crippen LogP contribution is -2.16. The highest BCUT2D eigenvalue weighted by atomic mass is 35.5. The SMILES string of the molecule is CCCCCCC1(CC/C=C/CCC(=O)Cl)SCCS1. The maximum absolute atomic E-state index is 10.6. The molecular formula is C16H27ClOS2. The van der Waals surface area contributed by atoms with Crippen molar-refractivity contribution in [2.75, 3.05) is 11.5 Å². The number of unbranched alkanes of at least 4 members (excludes halogenated alkanes) is 3. The number of allylic oxidation sites excluding steroid dienone is 2. The van der Waals surface area contributed by atoms with Crippen molar-refractivity contribution >= 4 is 40.4 Å². The third-order valence-corrected chi connectivity index (χ3v) is 7.43. The number of hydrogen-bond donors (Lipinski definition) is 0. The maximum Gasteiger partial charge on any atom is 0.221 e. The highest BCUT2D eigenvalue weighted by molar-refractivity contribution is 8.21. The Kier molecular flexibility index (Phi) is 10.2. The first-order valence-electron chi connectivity index (χ1n) is 7.80. The van der Waals surface area contributed by atoms with E-state index >= 15 is 0 Å². The Morgan fingerprint density at radius 3 is 2.45 bits per heavy atom. The summed E-state index contributed by atoms with van der Waals surface area (Å²) in [4.78, 5) is 10.6. The average Bonchev–Trinajstić information content (AvgIpc) is 2.88. The fourth-order valence-corrected chi connectivity index (χ4v) is 5.92. The summed E-state index contributed by atoms with van der Waals surface area (Å²) in [5.74, 6) is 2.62. The normalized spacial score (nSPS) is 17.9. The molecule has 1 rings (SSSR count). The molecule has 4 heteroatoms. The molecule has 116 valence electrons. The third kappa shape index (κ3) is 7.99. The molecular weight excluding hydrogens is 308 g/mol. The Morgan fingerprint density at radius 2 is 1.80 bits per heavy atom. The first-order valence-corrected chi connectivity index (χ1v) is 10.1. The Morgan fingerprint density at radius 1 is 1.10 bits per heavy atom. The van der Waals surface area contributed by atoms with Gasteiger partial charge in [-0.3, -0.25) is 4.79 Å². The van der Waals surface area contributed by atoms with Gasteiger partial charge in [0.1, 0.15) is 0 Å². The van der Waals surface area contributed by atoms with E-state index in [1.165, 1.54) is 50.0 Å². The van der Waals surface area contributed by atoms with E-state index in [-0.39, 0.29) is 5.24 Å². The molecule has 1 saturated heterocycles. The maximum atomic E-state index is 10.6. The Bertz CT molecular complexity index is 299. The van der Waals surface area contributed by atoms with Crippen molar-refractivity contribution in [1.29, 1.82) is 0 Å². The Labute approximate surface area is 137 Å². The number of carbonyl (C=O) groups is 1. The largest absolute Gasteiger partial charge is 0.281 e. The fraction of sp³-hybridized carbons (Fsp3) is 0.812. The van der Waals surface area contributed by atoms with Gasteiger partial charge in [-0.25, -0.2) is 0 Å². The standard InChI is InChI=1S/C16H27ClOS2/c1-2-3-4-8-11-16(19-13-14-20-16)12-9-6-5-7-10-15(17)18/h5-6H,2-4,7-14H2,1H3/b6-5+. The molecule has 1 aliphatic heterocycles. The predicted octanol–water partition coefficient (Wildman–Crippen LogP) is 6.02. The van der Waals surface area contributed by atoms with Crippen molar-refractivity contribution in [3.05, 3.63) is 12.2 Å². The van der Waals surface area contributed by atoms with Crippen molar-refractivity contribution < 1.29 is 4.79 Å². The highest BCUT2D eigenvalue weighted by Gasteiger charge is 2.33. The van der Waals surface area contributed by atoms with Gasteiger partial charge in [0.2, 0.25) is 5.24 Å². The van der Waals surface area contributed by atoms with Gasteiger partial charge in [-0.15, -0.1) is 23.5 Å². The molecule has 20 heavy (non-hydrogen) atoms. The first-order chi connectivity index (χ1) is 9.68. The second-order valence-electron chi connectivity index (χ2n) is 5.32. The monoisotopic (exact) mass is 334 g/mol. The fourth-order valence-electron chi connectivity index (χ4n) is 2.47. The van der Waals surface area contributed by atoms with Gasteiger partial charge in [0.05, 0.1) is 4.08 Å². The summed E-state index contributed by atoms with van der Waals surface area (Å²) in [6.07, 6.45) is 14.8. The van der Waals surface area contributed by atoms with Crippen molar-refractivity contribution in [3.8, 4) is 0 Å². The third-order valence-electron chi connectivity index (χ3n) is 3.59. The lowest BCUT2D eigenvalue weighted by atomic mass is 10.1. The van der Waals surface area contributed by atoms with Gasteiger partial charge in [-0.2, -0.15) is 0 Å². The van der Waals surface area contributed by atoms with Crippen LogP contribution in [0.3, 0.4) is 0 Å². The molecule has 0 radical (unpaired) electrons. The van der Waals surface area contributed by atoms with Crippen LogP contribution in [0.1, 0.15) is 64.7 Å². The molecule has 0 atom stereocenters. The Hall–Kier alpha value is 0.400. The van der Waals surface area contributed by atoms with Gasteiger partial charge in [0.15, 0.2) is 0 Å². The zero-order valence-corrected chi connectivity index (χ0v) is 14.9. The minimum absolute atomic E-state index is 0.232. The molecule has 0 aromatic rings. The first kappa shape index (κ1) is 18.4. The quantitative estimate of drug-likeness (QED) is 0.261. The summed E-state index contributed by atoms with van der Waals surface area (Å²) in [6.45, 7) is 2.27. The average molecular weight is 335 g/mol. The summed E-state index contributed by atoms with van der Waals surface area (Å²) in [5, 5.41) is -0.232. The van der Waals surface area contributed by atoms with Crippen LogP contribution in [0.4, 0.5) is 0 Å². The van der Waals surface area contributed by atoms with Crippen molar-refractivity contribution in [3.63, 3.8) is 0 Å². The second-order valence-corrected chi connectivity index (χ2v) is 8.96. The number of thioether (sulfide) groups is 2. The molecule has 0 aromatic heterocycles. The van der Waals surface area contributed by atoms with Crippen LogP contribution in [0.5, 0.6) is 0 Å². The van der Waals surface area contributed by atoms with E-state index in [0.29, 0.717) is 10.5 Å². The van der Waals surface area contributed by atoms with Gasteiger partial charge in [-0.1, -0.05) is 44.8 Å². The smallest absolute Gasteiger partial charge is 0.221 e. The molecule has 0 aromatic carbocycles. The van der Waals surface area contributed by atoms with Gasteiger partial charge in [0.25, 0.3) is 0 Å². The van der Waals surface area contributed by atoms with Gasteiger partial charge < -0.3 is 0 Å². The topological polar surface area (TPSA) is 17.1 Å². The summed E-state index contributed by atoms with van der Waals surface area (Å²) in [7, 11) is 0. The van der Waals surface area contributed by atoms with Crippen LogP contribution >= 0.6 is 35.1 Å². The van der Waals surface area contributed by atoms with Crippen molar-refractivity contribution in [1.82, 2.24) is 0 Å². The molecule has 1 aliphatic rings. The van der Waals surface area contributed by atoms with Crippen LogP contribution in [0, 0.1) is 0 Å². The number of carbonyl (C=O) groups excluding carboxylic acids is 1. The van der Waals surface area contributed by atoms with Gasteiger partial charge >= 0.3 is 0 Å². The van der Waals surface area contributed by atoms with E-state index in [9.17, 15) is 4.79 Å². The van der Waals surface area contributed by atoms with E-state index in [1.54, 1.807) is 0 Å². The minimum atomic E-state index is -0.232. The van der Waals surface area contributed by atoms with Crippen LogP contribution in [0.2, 0.25) is 0 Å². The number of hydrogen-bond acceptors (Lipinski definition) is 3. The molecule has 1 heterocycles. The van der Waals surface area contributed by atoms with Crippen molar-refractivity contribution in [2.45, 2.75) is 68.8 Å². The molecule has 0 saturated carbocycles.